The topological polar surface area (TPSA) is 56.0 Å². The van der Waals surface area contributed by atoms with Crippen LogP contribution in [0, 0.1) is 6.92 Å². The summed E-state index contributed by atoms with van der Waals surface area (Å²) < 4.78 is 1.80. The van der Waals surface area contributed by atoms with Crippen molar-refractivity contribution in [2.24, 2.45) is 0 Å². The van der Waals surface area contributed by atoms with E-state index in [9.17, 15) is 0 Å². The zero-order valence-electron chi connectivity index (χ0n) is 13.1. The van der Waals surface area contributed by atoms with Crippen molar-refractivity contribution in [1.82, 2.24) is 24.8 Å². The van der Waals surface area contributed by atoms with Crippen molar-refractivity contribution in [2.75, 3.05) is 0 Å². The fraction of sp³-hybridized carbons (Fsp3) is 0.111. The van der Waals surface area contributed by atoms with Crippen molar-refractivity contribution in [3.63, 3.8) is 0 Å². The van der Waals surface area contributed by atoms with Gasteiger partial charge < -0.3 is 0 Å². The molecule has 5 nitrogen and oxygen atoms in total. The fourth-order valence-corrected chi connectivity index (χ4v) is 3.41. The van der Waals surface area contributed by atoms with Gasteiger partial charge in [-0.1, -0.05) is 36.0 Å². The lowest BCUT2D eigenvalue weighted by atomic mass is 10.1. The van der Waals surface area contributed by atoms with Gasteiger partial charge in [0.2, 0.25) is 5.16 Å². The average molecular weight is 333 g/mol. The highest BCUT2D eigenvalue weighted by Gasteiger charge is 2.10. The van der Waals surface area contributed by atoms with Crippen LogP contribution < -0.4 is 0 Å². The lowest BCUT2D eigenvalue weighted by molar-refractivity contribution is 0.812. The third-order valence-electron chi connectivity index (χ3n) is 3.81. The van der Waals surface area contributed by atoms with Crippen LogP contribution in [0.1, 0.15) is 11.1 Å². The number of rotatable bonds is 4. The van der Waals surface area contributed by atoms with E-state index in [4.69, 9.17) is 0 Å². The number of aryl methyl sites for hydroxylation is 1. The molecule has 6 heteroatoms. The van der Waals surface area contributed by atoms with Crippen molar-refractivity contribution < 1.29 is 0 Å². The summed E-state index contributed by atoms with van der Waals surface area (Å²) in [6.45, 7) is 2.12. The molecule has 0 unspecified atom stereocenters. The summed E-state index contributed by atoms with van der Waals surface area (Å²) in [6.07, 6.45) is 3.56. The van der Waals surface area contributed by atoms with Crippen LogP contribution in [0.3, 0.4) is 0 Å². The first kappa shape index (κ1) is 14.8. The summed E-state index contributed by atoms with van der Waals surface area (Å²) >= 11 is 1.64. The van der Waals surface area contributed by atoms with E-state index >= 15 is 0 Å². The van der Waals surface area contributed by atoms with Gasteiger partial charge >= 0.3 is 0 Å². The number of hydrogen-bond donors (Lipinski definition) is 0. The van der Waals surface area contributed by atoms with Gasteiger partial charge in [0.05, 0.1) is 5.69 Å². The van der Waals surface area contributed by atoms with Crippen LogP contribution >= 0.6 is 11.8 Å². The second-order valence-electron chi connectivity index (χ2n) is 5.43. The van der Waals surface area contributed by atoms with Gasteiger partial charge in [-0.25, -0.2) is 0 Å². The fourth-order valence-electron chi connectivity index (χ4n) is 2.44. The monoisotopic (exact) mass is 333 g/mol. The zero-order valence-corrected chi connectivity index (χ0v) is 13.9. The molecule has 0 aliphatic carbocycles. The summed E-state index contributed by atoms with van der Waals surface area (Å²) in [7, 11) is 0. The van der Waals surface area contributed by atoms with Crippen LogP contribution in [0.5, 0.6) is 0 Å². The summed E-state index contributed by atoms with van der Waals surface area (Å²) in [6, 6.07) is 16.1. The van der Waals surface area contributed by atoms with E-state index in [0.29, 0.717) is 0 Å². The Hall–Kier alpha value is -2.73. The first-order chi connectivity index (χ1) is 11.8. The molecule has 0 aliphatic heterocycles. The third kappa shape index (κ3) is 2.88. The minimum atomic E-state index is 0.745. The largest absolute Gasteiger partial charge is 0.264 e. The molecule has 0 atom stereocenters. The number of thioether (sulfide) groups is 1. The second-order valence-corrected chi connectivity index (χ2v) is 6.37. The molecule has 0 saturated carbocycles. The molecule has 24 heavy (non-hydrogen) atoms. The number of aromatic nitrogens is 5. The van der Waals surface area contributed by atoms with Gasteiger partial charge in [0.1, 0.15) is 0 Å². The second kappa shape index (κ2) is 6.41. The number of pyridine rings is 1. The van der Waals surface area contributed by atoms with Gasteiger partial charge in [0, 0.05) is 23.7 Å². The summed E-state index contributed by atoms with van der Waals surface area (Å²) in [5.74, 6) is 0.840. The molecule has 0 radical (unpaired) electrons. The first-order valence-electron chi connectivity index (χ1n) is 7.61. The van der Waals surface area contributed by atoms with E-state index in [2.05, 4.69) is 51.5 Å². The Kier molecular flexibility index (Phi) is 3.96. The molecule has 0 spiro atoms. The summed E-state index contributed by atoms with van der Waals surface area (Å²) in [4.78, 5) is 4.15. The van der Waals surface area contributed by atoms with Crippen LogP contribution in [0.15, 0.2) is 66.1 Å². The van der Waals surface area contributed by atoms with E-state index in [-0.39, 0.29) is 0 Å². The van der Waals surface area contributed by atoms with E-state index in [0.717, 1.165) is 27.8 Å². The SMILES string of the molecule is Cc1ccccc1CSc1nnc2ccc(-c3cccnc3)nn12. The smallest absolute Gasteiger partial charge is 0.212 e. The Morgan fingerprint density at radius 3 is 2.75 bits per heavy atom. The molecule has 0 N–H and O–H groups in total. The van der Waals surface area contributed by atoms with Crippen molar-refractivity contribution in [2.45, 2.75) is 17.8 Å². The average Bonchev–Trinajstić information content (AvgIpc) is 3.04. The highest BCUT2D eigenvalue weighted by atomic mass is 32.2. The predicted molar refractivity (Wildman–Crippen MR) is 94.8 cm³/mol. The molecule has 118 valence electrons. The maximum atomic E-state index is 4.67. The molecule has 3 heterocycles. The number of fused-ring (bicyclic) bond motifs is 1. The van der Waals surface area contributed by atoms with Gasteiger partial charge in [-0.15, -0.1) is 10.2 Å². The number of benzene rings is 1. The zero-order chi connectivity index (χ0) is 16.4. The maximum absolute atomic E-state index is 4.67. The molecule has 0 saturated heterocycles. The number of nitrogens with zero attached hydrogens (tertiary/aromatic N) is 5. The van der Waals surface area contributed by atoms with Crippen LogP contribution in [-0.4, -0.2) is 24.8 Å². The third-order valence-corrected chi connectivity index (χ3v) is 4.78. The Morgan fingerprint density at radius 2 is 1.92 bits per heavy atom. The van der Waals surface area contributed by atoms with Gasteiger partial charge in [0.25, 0.3) is 0 Å². The molecule has 0 fully saturated rings. The van der Waals surface area contributed by atoms with Crippen molar-refractivity contribution in [1.29, 1.82) is 0 Å². The van der Waals surface area contributed by atoms with E-state index in [1.54, 1.807) is 28.7 Å². The molecule has 4 rings (SSSR count). The van der Waals surface area contributed by atoms with Gasteiger partial charge in [-0.2, -0.15) is 9.61 Å². The summed E-state index contributed by atoms with van der Waals surface area (Å²) in [5.41, 5.74) is 5.15. The van der Waals surface area contributed by atoms with Crippen molar-refractivity contribution in [3.8, 4) is 11.3 Å². The molecule has 3 aromatic heterocycles. The molecule has 1 aromatic carbocycles. The van der Waals surface area contributed by atoms with Crippen molar-refractivity contribution >= 4 is 17.4 Å². The lowest BCUT2D eigenvalue weighted by Crippen LogP contribution is -1.97. The Morgan fingerprint density at radius 1 is 1.00 bits per heavy atom. The molecule has 0 aliphatic rings. The normalized spacial score (nSPS) is 11.0. The van der Waals surface area contributed by atoms with Crippen LogP contribution in [0.2, 0.25) is 0 Å². The van der Waals surface area contributed by atoms with Gasteiger partial charge in [-0.05, 0) is 42.3 Å². The van der Waals surface area contributed by atoms with E-state index < -0.39 is 0 Å². The Balaban J connectivity index is 1.65. The van der Waals surface area contributed by atoms with E-state index in [1.807, 2.05) is 24.3 Å². The quantitative estimate of drug-likeness (QED) is 0.532. The minimum Gasteiger partial charge on any atom is -0.264 e. The van der Waals surface area contributed by atoms with Crippen LogP contribution in [0.25, 0.3) is 16.9 Å². The van der Waals surface area contributed by atoms with Gasteiger partial charge in [0.15, 0.2) is 5.65 Å². The van der Waals surface area contributed by atoms with Crippen LogP contribution in [-0.2, 0) is 5.75 Å². The molecule has 0 bridgehead atoms. The molecule has 0 amide bonds. The standard InChI is InChI=1S/C18H15N5S/c1-13-5-2-3-6-15(13)12-24-18-21-20-17-9-8-16(22-23(17)18)14-7-4-10-19-11-14/h2-11H,12H2,1H3. The maximum Gasteiger partial charge on any atom is 0.212 e. The van der Waals surface area contributed by atoms with Gasteiger partial charge in [-0.3, -0.25) is 4.98 Å². The summed E-state index contributed by atoms with van der Waals surface area (Å²) in [5, 5.41) is 13.9. The van der Waals surface area contributed by atoms with Crippen LogP contribution in [0.4, 0.5) is 0 Å². The molecular weight excluding hydrogens is 318 g/mol. The molecule has 4 aromatic rings. The molecular formula is C18H15N5S. The van der Waals surface area contributed by atoms with E-state index in [1.165, 1.54) is 11.1 Å². The first-order valence-corrected chi connectivity index (χ1v) is 8.60. The Labute approximate surface area is 143 Å². The van der Waals surface area contributed by atoms with Crippen molar-refractivity contribution in [3.05, 3.63) is 72.1 Å². The Bertz CT molecular complexity index is 981. The minimum absolute atomic E-state index is 0.745. The number of hydrogen-bond acceptors (Lipinski definition) is 5. The predicted octanol–water partition coefficient (Wildman–Crippen LogP) is 3.79. The lowest BCUT2D eigenvalue weighted by Gasteiger charge is -2.05. The highest BCUT2D eigenvalue weighted by Crippen LogP contribution is 2.24. The highest BCUT2D eigenvalue weighted by molar-refractivity contribution is 7.98.